The fourth-order valence-corrected chi connectivity index (χ4v) is 8.39. The molecular weight excluding hydrogens is 625 g/mol. The van der Waals surface area contributed by atoms with Crippen molar-refractivity contribution in [2.45, 2.75) is 110 Å². The van der Waals surface area contributed by atoms with Gasteiger partial charge in [0, 0.05) is 0 Å². The number of ether oxygens (including phenoxy) is 3. The van der Waals surface area contributed by atoms with Gasteiger partial charge in [-0.15, -0.1) is 0 Å². The predicted molar refractivity (Wildman–Crippen MR) is 212 cm³/mol. The highest BCUT2D eigenvalue weighted by atomic mass is 16.7. The molecule has 4 aromatic carbocycles. The highest BCUT2D eigenvalue weighted by Gasteiger charge is 2.41. The number of benzene rings is 4. The van der Waals surface area contributed by atoms with Gasteiger partial charge < -0.3 is 14.2 Å². The molecule has 3 heteroatoms. The molecule has 0 aliphatic heterocycles. The molecule has 0 radical (unpaired) electrons. The van der Waals surface area contributed by atoms with E-state index in [1.165, 1.54) is 66.3 Å². The average Bonchev–Trinajstić information content (AvgIpc) is 3.16. The molecule has 3 nitrogen and oxygen atoms in total. The van der Waals surface area contributed by atoms with Gasteiger partial charge in [0.05, 0.1) is 12.5 Å². The van der Waals surface area contributed by atoms with Crippen molar-refractivity contribution in [1.82, 2.24) is 0 Å². The van der Waals surface area contributed by atoms with Crippen LogP contribution in [0.15, 0.2) is 121 Å². The van der Waals surface area contributed by atoms with Gasteiger partial charge in [-0.25, -0.2) is 0 Å². The van der Waals surface area contributed by atoms with Gasteiger partial charge in [-0.1, -0.05) is 132 Å². The summed E-state index contributed by atoms with van der Waals surface area (Å²) in [6.07, 6.45) is 18.9. The topological polar surface area (TPSA) is 27.7 Å². The highest BCUT2D eigenvalue weighted by Crippen LogP contribution is 2.45. The highest BCUT2D eigenvalue weighted by molar-refractivity contribution is 5.40. The summed E-state index contributed by atoms with van der Waals surface area (Å²) in [6.45, 7) is 9.64. The zero-order valence-corrected chi connectivity index (χ0v) is 31.3. The summed E-state index contributed by atoms with van der Waals surface area (Å²) < 4.78 is 20.1. The SMILES string of the molecule is CCCC(CC)c1ccc(Oc2cccc(CCOC(Oc3ccc(C(CCC)CCC)cc3)C3c4ccccc4CC4C=CC=CC43)c2)cc1. The summed E-state index contributed by atoms with van der Waals surface area (Å²) in [6, 6.07) is 34.8. The Morgan fingerprint density at radius 1 is 0.647 bits per heavy atom. The number of hydrogen-bond donors (Lipinski definition) is 0. The number of hydrogen-bond acceptors (Lipinski definition) is 3. The Balaban J connectivity index is 1.19. The van der Waals surface area contributed by atoms with Crippen LogP contribution in [0.3, 0.4) is 0 Å². The summed E-state index contributed by atoms with van der Waals surface area (Å²) in [4.78, 5) is 0. The molecule has 0 aromatic heterocycles. The van der Waals surface area contributed by atoms with E-state index in [1.54, 1.807) is 0 Å². The molecule has 6 rings (SSSR count). The average molecular weight is 683 g/mol. The monoisotopic (exact) mass is 682 g/mol. The lowest BCUT2D eigenvalue weighted by Crippen LogP contribution is -2.40. The van der Waals surface area contributed by atoms with Crippen LogP contribution in [0.1, 0.15) is 118 Å². The van der Waals surface area contributed by atoms with Gasteiger partial charge in [0.25, 0.3) is 0 Å². The van der Waals surface area contributed by atoms with Crippen LogP contribution in [0.2, 0.25) is 0 Å². The van der Waals surface area contributed by atoms with E-state index in [0.717, 1.165) is 36.5 Å². The van der Waals surface area contributed by atoms with Crippen LogP contribution >= 0.6 is 0 Å². The fourth-order valence-electron chi connectivity index (χ4n) is 8.39. The summed E-state index contributed by atoms with van der Waals surface area (Å²) >= 11 is 0. The van der Waals surface area contributed by atoms with Gasteiger partial charge in [0.2, 0.25) is 6.29 Å². The van der Waals surface area contributed by atoms with Gasteiger partial charge in [-0.05, 0) is 126 Å². The minimum absolute atomic E-state index is 0.0797. The lowest BCUT2D eigenvalue weighted by Gasteiger charge is -2.41. The van der Waals surface area contributed by atoms with Crippen molar-refractivity contribution in [2.75, 3.05) is 6.61 Å². The number of fused-ring (bicyclic) bond motifs is 2. The third kappa shape index (κ3) is 9.43. The fraction of sp³-hybridized carbons (Fsp3) is 0.417. The van der Waals surface area contributed by atoms with Gasteiger partial charge in [-0.3, -0.25) is 0 Å². The molecular formula is C48H58O3. The molecule has 0 fully saturated rings. The normalized spacial score (nSPS) is 19.0. The van der Waals surface area contributed by atoms with Gasteiger partial charge in [0.1, 0.15) is 17.2 Å². The third-order valence-corrected chi connectivity index (χ3v) is 11.0. The minimum atomic E-state index is -0.430. The van der Waals surface area contributed by atoms with Crippen LogP contribution in [0.25, 0.3) is 0 Å². The Morgan fingerprint density at radius 3 is 2.04 bits per heavy atom. The summed E-state index contributed by atoms with van der Waals surface area (Å²) in [5.74, 6) is 4.62. The van der Waals surface area contributed by atoms with Crippen LogP contribution in [0.5, 0.6) is 17.2 Å². The Labute approximate surface area is 307 Å². The van der Waals surface area contributed by atoms with Crippen molar-refractivity contribution < 1.29 is 14.2 Å². The van der Waals surface area contributed by atoms with Gasteiger partial charge in [0.15, 0.2) is 0 Å². The molecule has 0 spiro atoms. The first kappa shape index (κ1) is 36.7. The molecule has 51 heavy (non-hydrogen) atoms. The Kier molecular flexibility index (Phi) is 13.3. The second-order valence-corrected chi connectivity index (χ2v) is 14.6. The van der Waals surface area contributed by atoms with Crippen LogP contribution in [-0.2, 0) is 17.6 Å². The third-order valence-electron chi connectivity index (χ3n) is 11.0. The maximum absolute atomic E-state index is 6.90. The van der Waals surface area contributed by atoms with Crippen molar-refractivity contribution in [3.8, 4) is 17.2 Å². The zero-order valence-electron chi connectivity index (χ0n) is 31.3. The Hall–Kier alpha value is -4.08. The molecule has 0 saturated carbocycles. The van der Waals surface area contributed by atoms with Crippen LogP contribution in [0, 0.1) is 11.8 Å². The smallest absolute Gasteiger partial charge is 0.207 e. The minimum Gasteiger partial charge on any atom is -0.464 e. The molecule has 0 heterocycles. The van der Waals surface area contributed by atoms with E-state index in [2.05, 4.69) is 143 Å². The molecule has 2 aliphatic carbocycles. The zero-order chi connectivity index (χ0) is 35.4. The van der Waals surface area contributed by atoms with E-state index in [9.17, 15) is 0 Å². The van der Waals surface area contributed by atoms with Gasteiger partial charge in [-0.2, -0.15) is 0 Å². The van der Waals surface area contributed by atoms with Crippen molar-refractivity contribution >= 4 is 0 Å². The Bertz CT molecular complexity index is 1700. The van der Waals surface area contributed by atoms with Crippen LogP contribution < -0.4 is 9.47 Å². The lowest BCUT2D eigenvalue weighted by molar-refractivity contribution is -0.107. The largest absolute Gasteiger partial charge is 0.464 e. The van der Waals surface area contributed by atoms with Gasteiger partial charge >= 0.3 is 0 Å². The van der Waals surface area contributed by atoms with E-state index in [-0.39, 0.29) is 5.92 Å². The quantitative estimate of drug-likeness (QED) is 0.0978. The maximum atomic E-state index is 6.90. The van der Waals surface area contributed by atoms with E-state index >= 15 is 0 Å². The van der Waals surface area contributed by atoms with Crippen LogP contribution in [0.4, 0.5) is 0 Å². The molecule has 268 valence electrons. The molecule has 0 bridgehead atoms. The van der Waals surface area contributed by atoms with Crippen molar-refractivity contribution in [3.05, 3.63) is 149 Å². The maximum Gasteiger partial charge on any atom is 0.207 e. The number of allylic oxidation sites excluding steroid dienone is 4. The first-order valence-corrected chi connectivity index (χ1v) is 19.8. The lowest BCUT2D eigenvalue weighted by atomic mass is 9.67. The molecule has 5 unspecified atom stereocenters. The second kappa shape index (κ2) is 18.4. The van der Waals surface area contributed by atoms with E-state index in [1.807, 2.05) is 6.07 Å². The molecule has 2 aliphatic rings. The summed E-state index contributed by atoms with van der Waals surface area (Å²) in [5, 5.41) is 0. The molecule has 4 aromatic rings. The first-order valence-electron chi connectivity index (χ1n) is 19.8. The second-order valence-electron chi connectivity index (χ2n) is 14.6. The standard InChI is InChI=1S/C48H58O3/c1-5-14-36(8-4)38-23-27-42(28-24-38)50-44-20-13-17-35(33-44)31-32-49-48(51-43-29-25-39(26-30-43)37(15-6-2)16-7-3)47-45-21-11-9-18-40(45)34-41-19-10-12-22-46(41)47/h9-13,17-30,33,36-37,40,45,47-48H,5-8,14-16,31-32,34H2,1-4H3. The van der Waals surface area contributed by atoms with E-state index < -0.39 is 6.29 Å². The number of rotatable bonds is 18. The first-order chi connectivity index (χ1) is 25.1. The predicted octanol–water partition coefficient (Wildman–Crippen LogP) is 13.1. The molecule has 0 amide bonds. The molecule has 0 N–H and O–H groups in total. The summed E-state index contributed by atoms with van der Waals surface area (Å²) in [7, 11) is 0. The Morgan fingerprint density at radius 2 is 1.31 bits per heavy atom. The molecule has 0 saturated heterocycles. The molecule has 5 atom stereocenters. The van der Waals surface area contributed by atoms with Crippen LogP contribution in [-0.4, -0.2) is 12.9 Å². The van der Waals surface area contributed by atoms with E-state index in [0.29, 0.717) is 30.3 Å². The van der Waals surface area contributed by atoms with Crippen molar-refractivity contribution in [3.63, 3.8) is 0 Å². The van der Waals surface area contributed by atoms with E-state index in [4.69, 9.17) is 14.2 Å². The van der Waals surface area contributed by atoms with Crippen molar-refractivity contribution in [1.29, 1.82) is 0 Å². The van der Waals surface area contributed by atoms with Crippen molar-refractivity contribution in [2.24, 2.45) is 11.8 Å². The summed E-state index contributed by atoms with van der Waals surface area (Å²) in [5.41, 5.74) is 6.72.